The molecule has 0 atom stereocenters. The van der Waals surface area contributed by atoms with Gasteiger partial charge in [-0.2, -0.15) is 5.10 Å². The monoisotopic (exact) mass is 413 g/mol. The second-order valence-electron chi connectivity index (χ2n) is 7.14. The van der Waals surface area contributed by atoms with E-state index in [1.54, 1.807) is 24.3 Å². The molecule has 2 aromatic heterocycles. The minimum absolute atomic E-state index is 0.139. The first-order valence-corrected chi connectivity index (χ1v) is 9.52. The molecule has 5 aromatic rings. The number of amides is 1. The van der Waals surface area contributed by atoms with Crippen LogP contribution in [-0.2, 0) is 0 Å². The van der Waals surface area contributed by atoms with Gasteiger partial charge in [-0.15, -0.1) is 0 Å². The summed E-state index contributed by atoms with van der Waals surface area (Å²) in [6.45, 7) is 0.210. The van der Waals surface area contributed by atoms with E-state index in [0.717, 1.165) is 16.4 Å². The highest BCUT2D eigenvalue weighted by atomic mass is 16.7. The number of nitrogens with one attached hydrogen (secondary N) is 3. The summed E-state index contributed by atoms with van der Waals surface area (Å²) in [5.74, 6) is 1.83. The van der Waals surface area contributed by atoms with Crippen LogP contribution in [0.3, 0.4) is 0 Å². The first kappa shape index (κ1) is 17.3. The highest BCUT2D eigenvalue weighted by Gasteiger charge is 2.19. The molecule has 0 unspecified atom stereocenters. The van der Waals surface area contributed by atoms with Crippen LogP contribution in [0.5, 0.6) is 17.2 Å². The lowest BCUT2D eigenvalue weighted by Crippen LogP contribution is -2.11. The summed E-state index contributed by atoms with van der Waals surface area (Å²) < 4.78 is 10.8. The van der Waals surface area contributed by atoms with Gasteiger partial charge in [0.1, 0.15) is 11.4 Å². The van der Waals surface area contributed by atoms with E-state index in [-0.39, 0.29) is 18.4 Å². The van der Waals surface area contributed by atoms with E-state index in [1.165, 1.54) is 12.1 Å². The first-order chi connectivity index (χ1) is 15.1. The predicted octanol–water partition coefficient (Wildman–Crippen LogP) is 3.79. The van der Waals surface area contributed by atoms with Crippen LogP contribution in [-0.4, -0.2) is 38.0 Å². The van der Waals surface area contributed by atoms with Gasteiger partial charge in [0.25, 0.3) is 5.91 Å². The number of phenols is 1. The molecule has 4 N–H and O–H groups in total. The zero-order valence-corrected chi connectivity index (χ0v) is 16.0. The molecule has 0 aliphatic carbocycles. The lowest BCUT2D eigenvalue weighted by molar-refractivity contribution is 0.102. The number of rotatable bonds is 3. The Hall–Kier alpha value is -4.53. The number of phenolic OH excluding ortho intramolecular Hbond substituents is 1. The van der Waals surface area contributed by atoms with Gasteiger partial charge in [0.2, 0.25) is 6.79 Å². The van der Waals surface area contributed by atoms with Gasteiger partial charge in [0.15, 0.2) is 17.3 Å². The molecule has 1 aliphatic heterocycles. The second kappa shape index (κ2) is 6.49. The van der Waals surface area contributed by atoms with Crippen molar-refractivity contribution < 1.29 is 19.4 Å². The molecule has 0 spiro atoms. The summed E-state index contributed by atoms with van der Waals surface area (Å²) in [7, 11) is 0. The van der Waals surface area contributed by atoms with Crippen molar-refractivity contribution >= 4 is 33.5 Å². The molecule has 152 valence electrons. The Kier molecular flexibility index (Phi) is 3.63. The zero-order chi connectivity index (χ0) is 20.9. The fraction of sp³-hybridized carbons (Fsp3) is 0.0455. The average Bonchev–Trinajstić information content (AvgIpc) is 3.50. The van der Waals surface area contributed by atoms with Gasteiger partial charge in [0, 0.05) is 28.8 Å². The van der Waals surface area contributed by atoms with Crippen LogP contribution in [0.1, 0.15) is 10.4 Å². The Balaban J connectivity index is 1.32. The number of carbonyl (C=O) groups is 1. The Bertz CT molecular complexity index is 1430. The zero-order valence-electron chi connectivity index (χ0n) is 16.0. The number of aromatic amines is 2. The molecule has 3 aromatic carbocycles. The molecule has 9 heteroatoms. The third-order valence-corrected chi connectivity index (χ3v) is 5.15. The van der Waals surface area contributed by atoms with Crippen molar-refractivity contribution in [3.8, 4) is 28.8 Å². The van der Waals surface area contributed by atoms with E-state index >= 15 is 0 Å². The standard InChI is InChI=1S/C22H15N5O4/c28-13-4-2-12(3-5-13)23-22(29)11-1-6-14-15(7-11)26-27-20(14)21-24-16-8-18-19(31-10-30-18)9-17(16)25-21/h1-9,28H,10H2,(H,23,29)(H,24,25)(H,26,27). The number of nitrogens with zero attached hydrogens (tertiary/aromatic N) is 2. The van der Waals surface area contributed by atoms with E-state index in [0.29, 0.717) is 39.8 Å². The Morgan fingerprint density at radius 2 is 1.81 bits per heavy atom. The van der Waals surface area contributed by atoms with Crippen LogP contribution >= 0.6 is 0 Å². The van der Waals surface area contributed by atoms with Gasteiger partial charge in [-0.1, -0.05) is 0 Å². The molecule has 0 bridgehead atoms. The van der Waals surface area contributed by atoms with Crippen LogP contribution in [0.15, 0.2) is 54.6 Å². The van der Waals surface area contributed by atoms with Crippen molar-refractivity contribution in [2.24, 2.45) is 0 Å². The van der Waals surface area contributed by atoms with Crippen LogP contribution < -0.4 is 14.8 Å². The number of hydrogen-bond acceptors (Lipinski definition) is 6. The van der Waals surface area contributed by atoms with Crippen molar-refractivity contribution in [2.45, 2.75) is 0 Å². The molecule has 9 nitrogen and oxygen atoms in total. The maximum Gasteiger partial charge on any atom is 0.255 e. The van der Waals surface area contributed by atoms with Crippen LogP contribution in [0.25, 0.3) is 33.5 Å². The molecule has 1 aliphatic rings. The smallest absolute Gasteiger partial charge is 0.255 e. The average molecular weight is 413 g/mol. The third kappa shape index (κ3) is 2.91. The van der Waals surface area contributed by atoms with Crippen molar-refractivity contribution in [1.29, 1.82) is 0 Å². The molecular weight excluding hydrogens is 398 g/mol. The Labute approximate surface area is 174 Å². The molecule has 31 heavy (non-hydrogen) atoms. The number of fused-ring (bicyclic) bond motifs is 3. The summed E-state index contributed by atoms with van der Waals surface area (Å²) in [4.78, 5) is 20.5. The van der Waals surface area contributed by atoms with Gasteiger partial charge >= 0.3 is 0 Å². The van der Waals surface area contributed by atoms with Gasteiger partial charge in [-0.25, -0.2) is 4.98 Å². The van der Waals surface area contributed by atoms with Crippen molar-refractivity contribution in [3.05, 3.63) is 60.2 Å². The number of benzene rings is 3. The van der Waals surface area contributed by atoms with Crippen LogP contribution in [0.2, 0.25) is 0 Å². The summed E-state index contributed by atoms with van der Waals surface area (Å²) in [6, 6.07) is 15.3. The lowest BCUT2D eigenvalue weighted by Gasteiger charge is -2.05. The Morgan fingerprint density at radius 1 is 1.00 bits per heavy atom. The molecule has 1 amide bonds. The molecule has 6 rings (SSSR count). The second-order valence-corrected chi connectivity index (χ2v) is 7.14. The van der Waals surface area contributed by atoms with E-state index in [4.69, 9.17) is 9.47 Å². The van der Waals surface area contributed by atoms with E-state index < -0.39 is 0 Å². The number of H-pyrrole nitrogens is 2. The molecular formula is C22H15N5O4. The summed E-state index contributed by atoms with van der Waals surface area (Å²) in [6.07, 6.45) is 0. The minimum Gasteiger partial charge on any atom is -0.508 e. The lowest BCUT2D eigenvalue weighted by atomic mass is 10.1. The maximum absolute atomic E-state index is 12.6. The van der Waals surface area contributed by atoms with E-state index in [9.17, 15) is 9.90 Å². The number of imidazole rings is 1. The number of aromatic nitrogens is 4. The van der Waals surface area contributed by atoms with Gasteiger partial charge < -0.3 is 24.9 Å². The number of anilines is 1. The maximum atomic E-state index is 12.6. The summed E-state index contributed by atoms with van der Waals surface area (Å²) in [5.41, 5.74) is 4.00. The quantitative estimate of drug-likeness (QED) is 0.334. The highest BCUT2D eigenvalue weighted by molar-refractivity contribution is 6.07. The molecule has 0 radical (unpaired) electrons. The number of ether oxygens (including phenoxy) is 2. The van der Waals surface area contributed by atoms with Gasteiger partial charge in [0.05, 0.1) is 16.6 Å². The van der Waals surface area contributed by atoms with Gasteiger partial charge in [-0.05, 0) is 42.5 Å². The molecule has 0 saturated heterocycles. The van der Waals surface area contributed by atoms with Crippen LogP contribution in [0, 0.1) is 0 Å². The number of aromatic hydroxyl groups is 1. The largest absolute Gasteiger partial charge is 0.508 e. The number of hydrogen-bond donors (Lipinski definition) is 4. The van der Waals surface area contributed by atoms with E-state index in [2.05, 4.69) is 25.5 Å². The summed E-state index contributed by atoms with van der Waals surface area (Å²) >= 11 is 0. The fourth-order valence-electron chi connectivity index (χ4n) is 3.60. The number of carbonyl (C=O) groups excluding carboxylic acids is 1. The van der Waals surface area contributed by atoms with Crippen molar-refractivity contribution in [1.82, 2.24) is 20.2 Å². The summed E-state index contributed by atoms with van der Waals surface area (Å²) in [5, 5.41) is 20.4. The topological polar surface area (TPSA) is 125 Å². The molecule has 3 heterocycles. The normalized spacial score (nSPS) is 12.5. The molecule has 0 saturated carbocycles. The minimum atomic E-state index is -0.262. The SMILES string of the molecule is O=C(Nc1ccc(O)cc1)c1ccc2c(-c3nc4cc5c(cc4[nH]3)OCO5)n[nH]c2c1. The third-order valence-electron chi connectivity index (χ3n) is 5.15. The first-order valence-electron chi connectivity index (χ1n) is 9.52. The van der Waals surface area contributed by atoms with Gasteiger partial charge in [-0.3, -0.25) is 9.89 Å². The van der Waals surface area contributed by atoms with Crippen LogP contribution in [0.4, 0.5) is 5.69 Å². The molecule has 0 fully saturated rings. The predicted molar refractivity (Wildman–Crippen MR) is 113 cm³/mol. The van der Waals surface area contributed by atoms with E-state index in [1.807, 2.05) is 18.2 Å². The highest BCUT2D eigenvalue weighted by Crippen LogP contribution is 2.36. The van der Waals surface area contributed by atoms with Crippen molar-refractivity contribution in [2.75, 3.05) is 12.1 Å². The van der Waals surface area contributed by atoms with Crippen molar-refractivity contribution in [3.63, 3.8) is 0 Å². The Morgan fingerprint density at radius 3 is 2.65 bits per heavy atom. The fourth-order valence-corrected chi connectivity index (χ4v) is 3.60.